The Labute approximate surface area is 86.3 Å². The lowest BCUT2D eigenvalue weighted by molar-refractivity contribution is -0.112. The highest BCUT2D eigenvalue weighted by molar-refractivity contribution is 5.56. The molecule has 4 atom stereocenters. The van der Waals surface area contributed by atoms with E-state index in [1.807, 2.05) is 0 Å². The molecule has 0 aliphatic heterocycles. The van der Waals surface area contributed by atoms with Crippen LogP contribution in [-0.4, -0.2) is 6.29 Å². The van der Waals surface area contributed by atoms with Crippen LogP contribution in [0.5, 0.6) is 0 Å². The van der Waals surface area contributed by atoms with Crippen molar-refractivity contribution in [3.05, 3.63) is 0 Å². The minimum absolute atomic E-state index is 0.402. The van der Waals surface area contributed by atoms with Crippen molar-refractivity contribution in [1.82, 2.24) is 0 Å². The average molecular weight is 192 g/mol. The van der Waals surface area contributed by atoms with E-state index in [4.69, 9.17) is 0 Å². The molecule has 2 bridgehead atoms. The van der Waals surface area contributed by atoms with Gasteiger partial charge in [0.2, 0.25) is 0 Å². The molecule has 3 aliphatic rings. The molecular weight excluding hydrogens is 172 g/mol. The highest BCUT2D eigenvalue weighted by Gasteiger charge is 2.67. The summed E-state index contributed by atoms with van der Waals surface area (Å²) in [5, 5.41) is 0. The summed E-state index contributed by atoms with van der Waals surface area (Å²) >= 11 is 0. The first kappa shape index (κ1) is 8.94. The van der Waals surface area contributed by atoms with Crippen LogP contribution in [0, 0.1) is 28.6 Å². The standard InChI is InChI=1S/C13H20O/c1-12(2)10-4-6-13(12)5-3-9(8-14)11(13)7-10/h8-11H,3-7H2,1-2H3/t9-,10-,11-,13+/m0/s1. The number of rotatable bonds is 1. The summed E-state index contributed by atoms with van der Waals surface area (Å²) in [7, 11) is 0. The Hall–Kier alpha value is -0.330. The van der Waals surface area contributed by atoms with E-state index in [2.05, 4.69) is 13.8 Å². The summed E-state index contributed by atoms with van der Waals surface area (Å²) in [4.78, 5) is 11.0. The van der Waals surface area contributed by atoms with E-state index in [0.717, 1.165) is 11.8 Å². The third kappa shape index (κ3) is 0.730. The number of hydrogen-bond acceptors (Lipinski definition) is 1. The van der Waals surface area contributed by atoms with Gasteiger partial charge in [-0.25, -0.2) is 0 Å². The third-order valence-corrected chi connectivity index (χ3v) is 6.11. The minimum Gasteiger partial charge on any atom is -0.303 e. The van der Waals surface area contributed by atoms with Crippen molar-refractivity contribution >= 4 is 6.29 Å². The van der Waals surface area contributed by atoms with Crippen molar-refractivity contribution in [3.8, 4) is 0 Å². The number of hydrogen-bond donors (Lipinski definition) is 0. The minimum atomic E-state index is 0.402. The van der Waals surface area contributed by atoms with Crippen molar-refractivity contribution in [3.63, 3.8) is 0 Å². The Balaban J connectivity index is 2.03. The van der Waals surface area contributed by atoms with Crippen molar-refractivity contribution in [2.24, 2.45) is 28.6 Å². The first-order valence-electron chi connectivity index (χ1n) is 6.07. The second-order valence-corrected chi connectivity index (χ2v) is 6.29. The van der Waals surface area contributed by atoms with Crippen LogP contribution < -0.4 is 0 Å². The molecule has 0 N–H and O–H groups in total. The van der Waals surface area contributed by atoms with Gasteiger partial charge in [0, 0.05) is 5.92 Å². The topological polar surface area (TPSA) is 17.1 Å². The van der Waals surface area contributed by atoms with Gasteiger partial charge in [0.05, 0.1) is 0 Å². The molecule has 1 heteroatoms. The van der Waals surface area contributed by atoms with Crippen LogP contribution in [-0.2, 0) is 4.79 Å². The summed E-state index contributed by atoms with van der Waals surface area (Å²) in [6.07, 6.45) is 7.91. The normalized spacial score (nSPS) is 53.4. The quantitative estimate of drug-likeness (QED) is 0.584. The fourth-order valence-electron chi connectivity index (χ4n) is 5.13. The Morgan fingerprint density at radius 3 is 2.57 bits per heavy atom. The molecule has 78 valence electrons. The molecule has 0 heterocycles. The fourth-order valence-corrected chi connectivity index (χ4v) is 5.13. The second-order valence-electron chi connectivity index (χ2n) is 6.29. The molecule has 14 heavy (non-hydrogen) atoms. The summed E-state index contributed by atoms with van der Waals surface area (Å²) in [5.41, 5.74) is 1.08. The van der Waals surface area contributed by atoms with E-state index in [1.54, 1.807) is 0 Å². The Kier molecular flexibility index (Phi) is 1.55. The molecule has 0 amide bonds. The smallest absolute Gasteiger partial charge is 0.123 e. The molecule has 0 aromatic heterocycles. The number of carbonyl (C=O) groups excluding carboxylic acids is 1. The van der Waals surface area contributed by atoms with Gasteiger partial charge in [-0.1, -0.05) is 13.8 Å². The summed E-state index contributed by atoms with van der Waals surface area (Å²) in [5.74, 6) is 2.06. The first-order valence-corrected chi connectivity index (χ1v) is 6.07. The molecule has 3 aliphatic carbocycles. The lowest BCUT2D eigenvalue weighted by Gasteiger charge is -2.38. The van der Waals surface area contributed by atoms with E-state index in [0.29, 0.717) is 16.7 Å². The Morgan fingerprint density at radius 2 is 1.93 bits per heavy atom. The van der Waals surface area contributed by atoms with Crippen LogP contribution in [0.15, 0.2) is 0 Å². The van der Waals surface area contributed by atoms with Gasteiger partial charge in [-0.3, -0.25) is 0 Å². The molecule has 3 saturated carbocycles. The number of fused-ring (bicyclic) bond motifs is 1. The highest BCUT2D eigenvalue weighted by Crippen LogP contribution is 2.74. The predicted octanol–water partition coefficient (Wildman–Crippen LogP) is 3.04. The number of aldehydes is 1. The van der Waals surface area contributed by atoms with Crippen molar-refractivity contribution in [1.29, 1.82) is 0 Å². The molecule has 3 fully saturated rings. The maximum atomic E-state index is 11.0. The van der Waals surface area contributed by atoms with Crippen molar-refractivity contribution < 1.29 is 4.79 Å². The maximum Gasteiger partial charge on any atom is 0.123 e. The van der Waals surface area contributed by atoms with Crippen LogP contribution in [0.3, 0.4) is 0 Å². The molecule has 0 saturated heterocycles. The van der Waals surface area contributed by atoms with Crippen LogP contribution in [0.25, 0.3) is 0 Å². The van der Waals surface area contributed by atoms with Gasteiger partial charge < -0.3 is 4.79 Å². The first-order chi connectivity index (χ1) is 6.62. The lowest BCUT2D eigenvalue weighted by atomic mass is 9.66. The lowest BCUT2D eigenvalue weighted by Crippen LogP contribution is -2.33. The van der Waals surface area contributed by atoms with Crippen LogP contribution in [0.2, 0.25) is 0 Å². The van der Waals surface area contributed by atoms with Crippen LogP contribution >= 0.6 is 0 Å². The van der Waals surface area contributed by atoms with Crippen LogP contribution in [0.4, 0.5) is 0 Å². The van der Waals surface area contributed by atoms with E-state index in [-0.39, 0.29) is 0 Å². The highest BCUT2D eigenvalue weighted by atomic mass is 16.1. The zero-order valence-corrected chi connectivity index (χ0v) is 9.25. The van der Waals surface area contributed by atoms with E-state index in [9.17, 15) is 4.79 Å². The van der Waals surface area contributed by atoms with Gasteiger partial charge in [-0.2, -0.15) is 0 Å². The Morgan fingerprint density at radius 1 is 1.21 bits per heavy atom. The predicted molar refractivity (Wildman–Crippen MR) is 55.8 cm³/mol. The molecule has 0 aromatic carbocycles. The van der Waals surface area contributed by atoms with E-state index >= 15 is 0 Å². The maximum absolute atomic E-state index is 11.0. The second kappa shape index (κ2) is 2.43. The summed E-state index contributed by atoms with van der Waals surface area (Å²) < 4.78 is 0. The number of carbonyl (C=O) groups is 1. The van der Waals surface area contributed by atoms with Crippen molar-refractivity contribution in [2.75, 3.05) is 0 Å². The average Bonchev–Trinajstić information content (AvgIpc) is 2.72. The van der Waals surface area contributed by atoms with Gasteiger partial charge in [-0.15, -0.1) is 0 Å². The molecule has 1 spiro atoms. The third-order valence-electron chi connectivity index (χ3n) is 6.11. The Bertz CT molecular complexity index is 281. The van der Waals surface area contributed by atoms with Gasteiger partial charge in [0.15, 0.2) is 0 Å². The van der Waals surface area contributed by atoms with Gasteiger partial charge >= 0.3 is 0 Å². The SMILES string of the molecule is CC1(C)[C@H]2CC[C@@]13CC[C@@H](C=O)[C@@H]3C2. The molecule has 0 unspecified atom stereocenters. The van der Waals surface area contributed by atoms with Gasteiger partial charge in [0.25, 0.3) is 0 Å². The van der Waals surface area contributed by atoms with Crippen LogP contribution in [0.1, 0.15) is 46.0 Å². The van der Waals surface area contributed by atoms with Gasteiger partial charge in [-0.05, 0) is 54.8 Å². The summed E-state index contributed by atoms with van der Waals surface area (Å²) in [6, 6.07) is 0. The van der Waals surface area contributed by atoms with Gasteiger partial charge in [0.1, 0.15) is 6.29 Å². The molecule has 0 aromatic rings. The van der Waals surface area contributed by atoms with E-state index in [1.165, 1.54) is 38.4 Å². The zero-order chi connectivity index (χ0) is 9.97. The zero-order valence-electron chi connectivity index (χ0n) is 9.25. The molecule has 3 rings (SSSR count). The summed E-state index contributed by atoms with van der Waals surface area (Å²) in [6.45, 7) is 4.91. The largest absolute Gasteiger partial charge is 0.303 e. The molecule has 1 nitrogen and oxygen atoms in total. The molecular formula is C13H20O. The fraction of sp³-hybridized carbons (Fsp3) is 0.923. The van der Waals surface area contributed by atoms with Crippen molar-refractivity contribution in [2.45, 2.75) is 46.0 Å². The monoisotopic (exact) mass is 192 g/mol. The molecule has 0 radical (unpaired) electrons. The van der Waals surface area contributed by atoms with E-state index < -0.39 is 0 Å².